The van der Waals surface area contributed by atoms with Gasteiger partial charge in [-0.15, -0.1) is 0 Å². The van der Waals surface area contributed by atoms with Crippen molar-refractivity contribution in [3.63, 3.8) is 0 Å². The molecule has 1 aliphatic heterocycles. The number of likely N-dealkylation sites (tertiary alicyclic amines) is 1. The Labute approximate surface area is 104 Å². The van der Waals surface area contributed by atoms with Gasteiger partial charge in [0.2, 0.25) is 0 Å². The third kappa shape index (κ3) is 2.61. The molecule has 16 heavy (non-hydrogen) atoms. The number of amides is 1. The third-order valence-corrected chi connectivity index (χ3v) is 3.33. The second kappa shape index (κ2) is 4.95. The van der Waals surface area contributed by atoms with Crippen LogP contribution >= 0.6 is 15.9 Å². The number of carbonyl (C=O) groups excluding carboxylic acids is 1. The standard InChI is InChI=1S/C12H15BrN2O/c1-9-3-2-4-15(8-9)12(16)10-5-11(13)7-14-6-10/h5-7,9H,2-4,8H2,1H3/t9-/m1/s1. The zero-order valence-electron chi connectivity index (χ0n) is 9.32. The lowest BCUT2D eigenvalue weighted by molar-refractivity contribution is 0.0682. The quantitative estimate of drug-likeness (QED) is 0.794. The Morgan fingerprint density at radius 1 is 1.56 bits per heavy atom. The molecule has 1 aromatic heterocycles. The summed E-state index contributed by atoms with van der Waals surface area (Å²) in [5.74, 6) is 0.707. The van der Waals surface area contributed by atoms with Crippen molar-refractivity contribution in [3.05, 3.63) is 28.5 Å². The van der Waals surface area contributed by atoms with E-state index in [4.69, 9.17) is 0 Å². The summed E-state index contributed by atoms with van der Waals surface area (Å²) in [7, 11) is 0. The molecule has 0 unspecified atom stereocenters. The van der Waals surface area contributed by atoms with Gasteiger partial charge in [0, 0.05) is 30.0 Å². The predicted octanol–water partition coefficient (Wildman–Crippen LogP) is 2.72. The van der Waals surface area contributed by atoms with E-state index in [1.807, 2.05) is 11.0 Å². The summed E-state index contributed by atoms with van der Waals surface area (Å²) in [4.78, 5) is 18.1. The normalized spacial score (nSPS) is 20.9. The van der Waals surface area contributed by atoms with Crippen LogP contribution in [0.15, 0.2) is 22.9 Å². The van der Waals surface area contributed by atoms with Crippen LogP contribution in [0.1, 0.15) is 30.1 Å². The fourth-order valence-electron chi connectivity index (χ4n) is 2.09. The molecule has 2 rings (SSSR count). The van der Waals surface area contributed by atoms with Gasteiger partial charge in [-0.25, -0.2) is 0 Å². The first kappa shape index (κ1) is 11.6. The Bertz CT molecular complexity index is 394. The first-order valence-corrected chi connectivity index (χ1v) is 6.36. The second-order valence-corrected chi connectivity index (χ2v) is 5.31. The monoisotopic (exact) mass is 282 g/mol. The molecule has 1 saturated heterocycles. The topological polar surface area (TPSA) is 33.2 Å². The number of halogens is 1. The lowest BCUT2D eigenvalue weighted by atomic mass is 10.00. The summed E-state index contributed by atoms with van der Waals surface area (Å²) >= 11 is 3.33. The molecule has 1 amide bonds. The van der Waals surface area contributed by atoms with Gasteiger partial charge < -0.3 is 4.90 Å². The lowest BCUT2D eigenvalue weighted by Gasteiger charge is -2.30. The molecule has 1 atom stereocenters. The van der Waals surface area contributed by atoms with E-state index >= 15 is 0 Å². The molecule has 2 heterocycles. The third-order valence-electron chi connectivity index (χ3n) is 2.90. The van der Waals surface area contributed by atoms with Crippen LogP contribution in [0.4, 0.5) is 0 Å². The summed E-state index contributed by atoms with van der Waals surface area (Å²) in [6.07, 6.45) is 5.65. The number of carbonyl (C=O) groups is 1. The Kier molecular flexibility index (Phi) is 3.59. The molecule has 1 fully saturated rings. The largest absolute Gasteiger partial charge is 0.338 e. The molecular weight excluding hydrogens is 268 g/mol. The van der Waals surface area contributed by atoms with Crippen LogP contribution in [0.3, 0.4) is 0 Å². The van der Waals surface area contributed by atoms with Gasteiger partial charge in [-0.2, -0.15) is 0 Å². The van der Waals surface area contributed by atoms with E-state index in [9.17, 15) is 4.79 Å². The Balaban J connectivity index is 2.12. The van der Waals surface area contributed by atoms with Crippen molar-refractivity contribution >= 4 is 21.8 Å². The van der Waals surface area contributed by atoms with Gasteiger partial charge in [-0.1, -0.05) is 6.92 Å². The summed E-state index contributed by atoms with van der Waals surface area (Å²) in [5, 5.41) is 0. The highest BCUT2D eigenvalue weighted by Crippen LogP contribution is 2.18. The van der Waals surface area contributed by atoms with Crippen molar-refractivity contribution < 1.29 is 4.79 Å². The van der Waals surface area contributed by atoms with E-state index in [0.29, 0.717) is 11.5 Å². The maximum Gasteiger partial charge on any atom is 0.255 e. The van der Waals surface area contributed by atoms with Gasteiger partial charge >= 0.3 is 0 Å². The number of rotatable bonds is 1. The Hall–Kier alpha value is -0.900. The van der Waals surface area contributed by atoms with Crippen molar-refractivity contribution in [2.45, 2.75) is 19.8 Å². The van der Waals surface area contributed by atoms with Gasteiger partial charge in [-0.05, 0) is 40.8 Å². The average Bonchev–Trinajstić information content (AvgIpc) is 2.28. The SMILES string of the molecule is C[C@@H]1CCCN(C(=O)c2cncc(Br)c2)C1. The maximum atomic E-state index is 12.2. The van der Waals surface area contributed by atoms with Crippen LogP contribution in [0.25, 0.3) is 0 Å². The molecule has 1 aliphatic rings. The van der Waals surface area contributed by atoms with Gasteiger partial charge in [0.15, 0.2) is 0 Å². The molecule has 0 saturated carbocycles. The number of piperidine rings is 1. The van der Waals surface area contributed by atoms with Crippen molar-refractivity contribution in [1.29, 1.82) is 0 Å². The molecule has 0 N–H and O–H groups in total. The minimum atomic E-state index is 0.0975. The van der Waals surface area contributed by atoms with Gasteiger partial charge in [0.25, 0.3) is 5.91 Å². The van der Waals surface area contributed by atoms with Gasteiger partial charge in [0.05, 0.1) is 5.56 Å². The van der Waals surface area contributed by atoms with Crippen molar-refractivity contribution in [3.8, 4) is 0 Å². The molecule has 0 aliphatic carbocycles. The Morgan fingerprint density at radius 2 is 2.38 bits per heavy atom. The van der Waals surface area contributed by atoms with Gasteiger partial charge in [0.1, 0.15) is 0 Å². The van der Waals surface area contributed by atoms with Crippen LogP contribution in [-0.2, 0) is 0 Å². The number of hydrogen-bond donors (Lipinski definition) is 0. The fraction of sp³-hybridized carbons (Fsp3) is 0.500. The summed E-state index contributed by atoms with van der Waals surface area (Å²) < 4.78 is 0.850. The predicted molar refractivity (Wildman–Crippen MR) is 66.2 cm³/mol. The smallest absolute Gasteiger partial charge is 0.255 e. The van der Waals surface area contributed by atoms with Crippen LogP contribution in [0, 0.1) is 5.92 Å². The van der Waals surface area contributed by atoms with Crippen molar-refractivity contribution in [2.75, 3.05) is 13.1 Å². The van der Waals surface area contributed by atoms with Gasteiger partial charge in [-0.3, -0.25) is 9.78 Å². The first-order valence-electron chi connectivity index (χ1n) is 5.56. The minimum Gasteiger partial charge on any atom is -0.338 e. The zero-order valence-corrected chi connectivity index (χ0v) is 10.9. The minimum absolute atomic E-state index is 0.0975. The highest BCUT2D eigenvalue weighted by molar-refractivity contribution is 9.10. The van der Waals surface area contributed by atoms with Crippen molar-refractivity contribution in [1.82, 2.24) is 9.88 Å². The molecule has 4 heteroatoms. The number of aromatic nitrogens is 1. The Morgan fingerprint density at radius 3 is 3.06 bits per heavy atom. The summed E-state index contributed by atoms with van der Waals surface area (Å²) in [6, 6.07) is 1.83. The highest BCUT2D eigenvalue weighted by Gasteiger charge is 2.22. The van der Waals surface area contributed by atoms with E-state index < -0.39 is 0 Å². The lowest BCUT2D eigenvalue weighted by Crippen LogP contribution is -2.39. The summed E-state index contributed by atoms with van der Waals surface area (Å²) in [5.41, 5.74) is 0.670. The molecule has 1 aromatic rings. The molecule has 3 nitrogen and oxygen atoms in total. The van der Waals surface area contributed by atoms with Crippen LogP contribution < -0.4 is 0 Å². The number of hydrogen-bond acceptors (Lipinski definition) is 2. The van der Waals surface area contributed by atoms with Crippen molar-refractivity contribution in [2.24, 2.45) is 5.92 Å². The molecule has 0 aromatic carbocycles. The van der Waals surface area contributed by atoms with E-state index in [-0.39, 0.29) is 5.91 Å². The maximum absolute atomic E-state index is 12.2. The van der Waals surface area contributed by atoms with E-state index in [2.05, 4.69) is 27.8 Å². The van der Waals surface area contributed by atoms with E-state index in [1.54, 1.807) is 12.4 Å². The fourth-order valence-corrected chi connectivity index (χ4v) is 2.45. The second-order valence-electron chi connectivity index (χ2n) is 4.39. The van der Waals surface area contributed by atoms with E-state index in [1.165, 1.54) is 6.42 Å². The molecule has 0 radical (unpaired) electrons. The summed E-state index contributed by atoms with van der Waals surface area (Å²) in [6.45, 7) is 3.93. The van der Waals surface area contributed by atoms with Crippen LogP contribution in [-0.4, -0.2) is 28.9 Å². The number of nitrogens with zero attached hydrogens (tertiary/aromatic N) is 2. The molecular formula is C12H15BrN2O. The molecule has 86 valence electrons. The zero-order chi connectivity index (χ0) is 11.5. The first-order chi connectivity index (χ1) is 7.66. The van der Waals surface area contributed by atoms with E-state index in [0.717, 1.165) is 24.0 Å². The van der Waals surface area contributed by atoms with Crippen LogP contribution in [0.2, 0.25) is 0 Å². The number of pyridine rings is 1. The molecule has 0 bridgehead atoms. The molecule has 0 spiro atoms. The van der Waals surface area contributed by atoms with Crippen LogP contribution in [0.5, 0.6) is 0 Å². The highest BCUT2D eigenvalue weighted by atomic mass is 79.9. The average molecular weight is 283 g/mol.